The highest BCUT2D eigenvalue weighted by Crippen LogP contribution is 2.31. The van der Waals surface area contributed by atoms with Crippen molar-refractivity contribution in [2.24, 2.45) is 0 Å². The van der Waals surface area contributed by atoms with Gasteiger partial charge in [0, 0.05) is 12.3 Å². The summed E-state index contributed by atoms with van der Waals surface area (Å²) in [4.78, 5) is 4.16. The molecule has 0 aliphatic carbocycles. The molecule has 94 valence electrons. The minimum atomic E-state index is 0.599. The zero-order valence-corrected chi connectivity index (χ0v) is 10.9. The Morgan fingerprint density at radius 3 is 2.56 bits per heavy atom. The molecule has 0 aliphatic heterocycles. The van der Waals surface area contributed by atoms with Crippen LogP contribution in [0.2, 0.25) is 5.02 Å². The highest BCUT2D eigenvalue weighted by Gasteiger charge is 2.05. The Morgan fingerprint density at radius 2 is 1.94 bits per heavy atom. The standard InChI is InChI=1S/C13H13ClN2O2/c1-17-10-4-5-11(12(7-10)18-2)16-13-6-3-9(14)8-15-13/h3-8H,1-2H3,(H,15,16). The van der Waals surface area contributed by atoms with E-state index < -0.39 is 0 Å². The number of nitrogens with zero attached hydrogens (tertiary/aromatic N) is 1. The van der Waals surface area contributed by atoms with Crippen LogP contribution >= 0.6 is 11.6 Å². The van der Waals surface area contributed by atoms with Crippen molar-refractivity contribution in [1.82, 2.24) is 4.98 Å². The first kappa shape index (κ1) is 12.5. The molecule has 0 saturated carbocycles. The Morgan fingerprint density at radius 1 is 1.11 bits per heavy atom. The second kappa shape index (κ2) is 5.60. The number of ether oxygens (including phenoxy) is 2. The van der Waals surface area contributed by atoms with Gasteiger partial charge in [-0.3, -0.25) is 0 Å². The summed E-state index contributed by atoms with van der Waals surface area (Å²) in [6.07, 6.45) is 1.58. The molecule has 1 aromatic heterocycles. The number of methoxy groups -OCH3 is 2. The van der Waals surface area contributed by atoms with E-state index in [9.17, 15) is 0 Å². The Hall–Kier alpha value is -1.94. The zero-order valence-electron chi connectivity index (χ0n) is 10.1. The molecule has 18 heavy (non-hydrogen) atoms. The maximum Gasteiger partial charge on any atom is 0.146 e. The number of nitrogens with one attached hydrogen (secondary N) is 1. The Balaban J connectivity index is 2.25. The highest BCUT2D eigenvalue weighted by molar-refractivity contribution is 6.30. The fraction of sp³-hybridized carbons (Fsp3) is 0.154. The molecule has 0 aliphatic rings. The smallest absolute Gasteiger partial charge is 0.146 e. The van der Waals surface area contributed by atoms with E-state index in [2.05, 4.69) is 10.3 Å². The van der Waals surface area contributed by atoms with Crippen LogP contribution in [0, 0.1) is 0 Å². The average molecular weight is 265 g/mol. The summed E-state index contributed by atoms with van der Waals surface area (Å²) in [5.74, 6) is 2.12. The Bertz CT molecular complexity index is 529. The molecule has 0 radical (unpaired) electrons. The molecule has 2 aromatic rings. The van der Waals surface area contributed by atoms with E-state index in [1.165, 1.54) is 0 Å². The van der Waals surface area contributed by atoms with E-state index in [1.54, 1.807) is 38.6 Å². The van der Waals surface area contributed by atoms with Gasteiger partial charge in [-0.05, 0) is 24.3 Å². The predicted octanol–water partition coefficient (Wildman–Crippen LogP) is 3.50. The number of aromatic nitrogens is 1. The third-order valence-corrected chi connectivity index (χ3v) is 2.62. The van der Waals surface area contributed by atoms with E-state index in [0.29, 0.717) is 16.6 Å². The number of rotatable bonds is 4. The maximum atomic E-state index is 5.78. The fourth-order valence-corrected chi connectivity index (χ4v) is 1.60. The largest absolute Gasteiger partial charge is 0.497 e. The number of halogens is 1. The first-order valence-corrected chi connectivity index (χ1v) is 5.71. The summed E-state index contributed by atoms with van der Waals surface area (Å²) in [6, 6.07) is 9.09. The molecule has 0 amide bonds. The van der Waals surface area contributed by atoms with E-state index in [-0.39, 0.29) is 0 Å². The van der Waals surface area contributed by atoms with Gasteiger partial charge in [0.25, 0.3) is 0 Å². The molecular weight excluding hydrogens is 252 g/mol. The summed E-state index contributed by atoms with van der Waals surface area (Å²) in [6.45, 7) is 0. The quantitative estimate of drug-likeness (QED) is 0.918. The highest BCUT2D eigenvalue weighted by atomic mass is 35.5. The van der Waals surface area contributed by atoms with Gasteiger partial charge in [0.1, 0.15) is 17.3 Å². The van der Waals surface area contributed by atoms with Gasteiger partial charge >= 0.3 is 0 Å². The van der Waals surface area contributed by atoms with Crippen molar-refractivity contribution in [2.75, 3.05) is 19.5 Å². The lowest BCUT2D eigenvalue weighted by Gasteiger charge is -2.11. The van der Waals surface area contributed by atoms with Crippen molar-refractivity contribution in [3.63, 3.8) is 0 Å². The van der Waals surface area contributed by atoms with Crippen molar-refractivity contribution in [1.29, 1.82) is 0 Å². The molecule has 1 N–H and O–H groups in total. The molecule has 0 atom stereocenters. The number of anilines is 2. The van der Waals surface area contributed by atoms with Crippen molar-refractivity contribution in [3.05, 3.63) is 41.6 Å². The van der Waals surface area contributed by atoms with Gasteiger partial charge in [-0.25, -0.2) is 4.98 Å². The van der Waals surface area contributed by atoms with E-state index in [0.717, 1.165) is 11.4 Å². The Labute approximate surface area is 111 Å². The van der Waals surface area contributed by atoms with Gasteiger partial charge < -0.3 is 14.8 Å². The van der Waals surface area contributed by atoms with Crippen molar-refractivity contribution in [3.8, 4) is 11.5 Å². The minimum absolute atomic E-state index is 0.599. The van der Waals surface area contributed by atoms with Crippen molar-refractivity contribution >= 4 is 23.1 Å². The van der Waals surface area contributed by atoms with Gasteiger partial charge in [0.05, 0.1) is 24.9 Å². The van der Waals surface area contributed by atoms with Crippen LogP contribution in [-0.4, -0.2) is 19.2 Å². The van der Waals surface area contributed by atoms with Gasteiger partial charge in [0.15, 0.2) is 0 Å². The molecule has 0 spiro atoms. The van der Waals surface area contributed by atoms with Crippen LogP contribution in [0.4, 0.5) is 11.5 Å². The van der Waals surface area contributed by atoms with Crippen LogP contribution < -0.4 is 14.8 Å². The summed E-state index contributed by atoms with van der Waals surface area (Å²) in [7, 11) is 3.22. The topological polar surface area (TPSA) is 43.4 Å². The molecule has 0 unspecified atom stereocenters. The first-order valence-electron chi connectivity index (χ1n) is 5.33. The van der Waals surface area contributed by atoms with Gasteiger partial charge in [-0.2, -0.15) is 0 Å². The lowest BCUT2D eigenvalue weighted by Crippen LogP contribution is -1.97. The summed E-state index contributed by atoms with van der Waals surface area (Å²) < 4.78 is 10.4. The zero-order chi connectivity index (χ0) is 13.0. The number of pyridine rings is 1. The van der Waals surface area contributed by atoms with E-state index >= 15 is 0 Å². The SMILES string of the molecule is COc1ccc(Nc2ccc(Cl)cn2)c(OC)c1. The third kappa shape index (κ3) is 2.84. The van der Waals surface area contributed by atoms with Crippen molar-refractivity contribution < 1.29 is 9.47 Å². The summed E-state index contributed by atoms with van der Waals surface area (Å²) >= 11 is 5.78. The van der Waals surface area contributed by atoms with Crippen molar-refractivity contribution in [2.45, 2.75) is 0 Å². The summed E-state index contributed by atoms with van der Waals surface area (Å²) in [5.41, 5.74) is 0.813. The molecular formula is C13H13ClN2O2. The predicted molar refractivity (Wildman–Crippen MR) is 72.1 cm³/mol. The number of hydrogen-bond acceptors (Lipinski definition) is 4. The Kier molecular flexibility index (Phi) is 3.89. The number of hydrogen-bond donors (Lipinski definition) is 1. The monoisotopic (exact) mass is 264 g/mol. The molecule has 0 fully saturated rings. The second-order valence-corrected chi connectivity index (χ2v) is 3.99. The third-order valence-electron chi connectivity index (χ3n) is 2.40. The lowest BCUT2D eigenvalue weighted by atomic mass is 10.2. The maximum absolute atomic E-state index is 5.78. The van der Waals surface area contributed by atoms with Crippen LogP contribution in [0.15, 0.2) is 36.5 Å². The van der Waals surface area contributed by atoms with Crippen LogP contribution in [0.25, 0.3) is 0 Å². The van der Waals surface area contributed by atoms with Crippen LogP contribution in [0.1, 0.15) is 0 Å². The first-order chi connectivity index (χ1) is 8.72. The molecule has 0 bridgehead atoms. The molecule has 5 heteroatoms. The average Bonchev–Trinajstić information content (AvgIpc) is 2.41. The minimum Gasteiger partial charge on any atom is -0.497 e. The lowest BCUT2D eigenvalue weighted by molar-refractivity contribution is 0.395. The normalized spacial score (nSPS) is 9.94. The van der Waals surface area contributed by atoms with Crippen LogP contribution in [0.5, 0.6) is 11.5 Å². The van der Waals surface area contributed by atoms with Gasteiger partial charge in [-0.1, -0.05) is 11.6 Å². The van der Waals surface area contributed by atoms with E-state index in [4.69, 9.17) is 21.1 Å². The second-order valence-electron chi connectivity index (χ2n) is 3.55. The fourth-order valence-electron chi connectivity index (χ4n) is 1.49. The molecule has 4 nitrogen and oxygen atoms in total. The number of benzene rings is 1. The molecule has 1 heterocycles. The van der Waals surface area contributed by atoms with Gasteiger partial charge in [0.2, 0.25) is 0 Å². The summed E-state index contributed by atoms with van der Waals surface area (Å²) in [5, 5.41) is 3.75. The van der Waals surface area contributed by atoms with Gasteiger partial charge in [-0.15, -0.1) is 0 Å². The molecule has 0 saturated heterocycles. The van der Waals surface area contributed by atoms with Crippen LogP contribution in [0.3, 0.4) is 0 Å². The molecule has 2 rings (SSSR count). The molecule has 1 aromatic carbocycles. The van der Waals surface area contributed by atoms with Crippen LogP contribution in [-0.2, 0) is 0 Å². The van der Waals surface area contributed by atoms with E-state index in [1.807, 2.05) is 12.1 Å².